The first kappa shape index (κ1) is 43.2. The van der Waals surface area contributed by atoms with Gasteiger partial charge in [0.25, 0.3) is 17.6 Å². The molecule has 0 aromatic heterocycles. The molecule has 3 fully saturated rings. The Morgan fingerprint density at radius 3 is 2.11 bits per heavy atom. The molecule has 21 nitrogen and oxygen atoms in total. The van der Waals surface area contributed by atoms with Crippen LogP contribution in [0.4, 0.5) is 0 Å². The maximum atomic E-state index is 13.5. The SMILES string of the molecule is CCS[C@@H]1O[C@H](CO)[C@@H](O[C@@H]2O[C@H](CO)[C@H](O)[C@H](O[C@]3(C(=O)O)C[C@H](O)[C@@H](NC(C)=O)[C@H]([C@H](O)[C@@H](O)CO)O3)[C@H]2O)[C@H](O)[C@H]1N1C(=O)c2ccccc2C1=O. The van der Waals surface area contributed by atoms with Gasteiger partial charge in [-0.15, -0.1) is 11.8 Å². The topological polar surface area (TPSA) is 332 Å². The van der Waals surface area contributed by atoms with E-state index < -0.39 is 147 Å². The number of carbonyl (C=O) groups excluding carboxylic acids is 3. The lowest BCUT2D eigenvalue weighted by Crippen LogP contribution is -2.71. The van der Waals surface area contributed by atoms with Crippen LogP contribution in [0.25, 0.3) is 0 Å². The molecule has 3 saturated heterocycles. The van der Waals surface area contributed by atoms with Crippen LogP contribution in [-0.2, 0) is 33.3 Å². The molecule has 11 N–H and O–H groups in total. The molecule has 0 aliphatic carbocycles. The van der Waals surface area contributed by atoms with Gasteiger partial charge in [-0.05, 0) is 17.9 Å². The van der Waals surface area contributed by atoms with Gasteiger partial charge in [-0.25, -0.2) is 4.79 Å². The number of rotatable bonds is 14. The zero-order chi connectivity index (χ0) is 40.5. The number of carbonyl (C=O) groups is 4. The largest absolute Gasteiger partial charge is 0.477 e. The highest BCUT2D eigenvalue weighted by Gasteiger charge is 2.61. The number of thioether (sulfide) groups is 1. The molecule has 4 heterocycles. The number of nitrogens with one attached hydrogen (secondary N) is 1. The quantitative estimate of drug-likeness (QED) is 0.0783. The van der Waals surface area contributed by atoms with Crippen molar-refractivity contribution in [2.75, 3.05) is 25.6 Å². The van der Waals surface area contributed by atoms with Gasteiger partial charge < -0.3 is 80.1 Å². The number of aliphatic hydroxyl groups excluding tert-OH is 9. The van der Waals surface area contributed by atoms with Crippen molar-refractivity contribution in [2.24, 2.45) is 0 Å². The van der Waals surface area contributed by atoms with E-state index in [1.807, 2.05) is 0 Å². The van der Waals surface area contributed by atoms with Gasteiger partial charge in [-0.1, -0.05) is 19.1 Å². The van der Waals surface area contributed by atoms with E-state index in [1.165, 1.54) is 12.1 Å². The van der Waals surface area contributed by atoms with Crippen molar-refractivity contribution in [3.63, 3.8) is 0 Å². The van der Waals surface area contributed by atoms with Gasteiger partial charge in [0.1, 0.15) is 72.5 Å². The molecular weight excluding hydrogens is 760 g/mol. The van der Waals surface area contributed by atoms with Crippen LogP contribution in [0.5, 0.6) is 0 Å². The highest BCUT2D eigenvalue weighted by Crippen LogP contribution is 2.40. The summed E-state index contributed by atoms with van der Waals surface area (Å²) in [5.74, 6) is -6.91. The Labute approximate surface area is 317 Å². The summed E-state index contributed by atoms with van der Waals surface area (Å²) in [6.45, 7) is -0.0698. The molecule has 1 aromatic rings. The third kappa shape index (κ3) is 8.26. The Morgan fingerprint density at radius 1 is 0.964 bits per heavy atom. The molecule has 22 heteroatoms. The lowest BCUT2D eigenvalue weighted by Gasteiger charge is -2.51. The van der Waals surface area contributed by atoms with Gasteiger partial charge in [0.05, 0.1) is 43.1 Å². The minimum atomic E-state index is -3.06. The molecule has 308 valence electrons. The van der Waals surface area contributed by atoms with E-state index in [1.54, 1.807) is 19.1 Å². The molecule has 55 heavy (non-hydrogen) atoms. The maximum absolute atomic E-state index is 13.5. The fourth-order valence-corrected chi connectivity index (χ4v) is 8.23. The second-order valence-electron chi connectivity index (χ2n) is 13.5. The van der Waals surface area contributed by atoms with Crippen LogP contribution in [-0.4, -0.2) is 202 Å². The highest BCUT2D eigenvalue weighted by molar-refractivity contribution is 7.99. The number of carboxylic acids is 1. The monoisotopic (exact) mass is 806 g/mol. The van der Waals surface area contributed by atoms with E-state index >= 15 is 0 Å². The van der Waals surface area contributed by atoms with Gasteiger partial charge >= 0.3 is 5.97 Å². The molecule has 0 radical (unpaired) electrons. The standard InChI is InChI=1S/C33H46N2O19S/c1-3-55-31-20(35-28(46)13-6-4-5-7-14(13)29(35)47)23(44)25(18(11-38)51-31)52-30-24(45)27(22(43)17(10-37)50-30)54-33(32(48)49)8-15(40)19(34-12(2)39)26(53-33)21(42)16(41)9-36/h4-7,15-27,30-31,36-38,40-45H,3,8-11H2,1-2H3,(H,34,39)(H,48,49)/t15-,16-,17+,18+,19+,20+,21+,22-,23+,24+,25+,26+,27-,30-,31-,33-/m0/s1. The number of aliphatic hydroxyl groups is 9. The molecule has 3 amide bonds. The number of hydrogen-bond donors (Lipinski definition) is 11. The average molecular weight is 807 g/mol. The summed E-state index contributed by atoms with van der Waals surface area (Å²) in [5, 5.41) is 109. The second kappa shape index (κ2) is 17.7. The smallest absolute Gasteiger partial charge is 0.364 e. The van der Waals surface area contributed by atoms with E-state index in [2.05, 4.69) is 5.32 Å². The molecule has 4 aliphatic heterocycles. The fourth-order valence-electron chi connectivity index (χ4n) is 7.20. The Morgan fingerprint density at radius 2 is 1.58 bits per heavy atom. The summed E-state index contributed by atoms with van der Waals surface area (Å²) in [5.41, 5.74) is -0.948. The third-order valence-electron chi connectivity index (χ3n) is 9.90. The second-order valence-corrected chi connectivity index (χ2v) is 14.8. The lowest BCUT2D eigenvalue weighted by atomic mass is 9.88. The number of benzene rings is 1. The van der Waals surface area contributed by atoms with Crippen molar-refractivity contribution in [1.82, 2.24) is 10.2 Å². The minimum Gasteiger partial charge on any atom is -0.477 e. The third-order valence-corrected chi connectivity index (χ3v) is 11.0. The van der Waals surface area contributed by atoms with Crippen molar-refractivity contribution in [1.29, 1.82) is 0 Å². The fraction of sp³-hybridized carbons (Fsp3) is 0.697. The average Bonchev–Trinajstić information content (AvgIpc) is 3.40. The molecule has 4 aliphatic rings. The number of amides is 3. The number of fused-ring (bicyclic) bond motifs is 1. The van der Waals surface area contributed by atoms with Crippen LogP contribution in [0.15, 0.2) is 24.3 Å². The van der Waals surface area contributed by atoms with Gasteiger partial charge in [-0.3, -0.25) is 19.3 Å². The van der Waals surface area contributed by atoms with Crippen LogP contribution in [0.1, 0.15) is 41.0 Å². The van der Waals surface area contributed by atoms with E-state index in [9.17, 15) is 70.2 Å². The summed E-state index contributed by atoms with van der Waals surface area (Å²) >= 11 is 1.11. The van der Waals surface area contributed by atoms with Crippen LogP contribution in [0.3, 0.4) is 0 Å². The number of imide groups is 1. The van der Waals surface area contributed by atoms with E-state index in [-0.39, 0.29) is 11.1 Å². The Kier molecular flexibility index (Phi) is 13.9. The van der Waals surface area contributed by atoms with E-state index in [0.717, 1.165) is 23.6 Å². The first-order valence-electron chi connectivity index (χ1n) is 17.4. The summed E-state index contributed by atoms with van der Waals surface area (Å²) in [6.07, 6.45) is -24.1. The number of aliphatic carboxylic acids is 1. The molecule has 0 unspecified atom stereocenters. The Hall–Kier alpha value is -2.91. The molecule has 5 rings (SSSR count). The molecule has 0 spiro atoms. The summed E-state index contributed by atoms with van der Waals surface area (Å²) in [6, 6.07) is 2.97. The van der Waals surface area contributed by atoms with Gasteiger partial charge in [0, 0.05) is 13.3 Å². The van der Waals surface area contributed by atoms with Crippen LogP contribution in [0, 0.1) is 0 Å². The van der Waals surface area contributed by atoms with Crippen molar-refractivity contribution in [3.8, 4) is 0 Å². The van der Waals surface area contributed by atoms with Crippen LogP contribution in [0.2, 0.25) is 0 Å². The van der Waals surface area contributed by atoms with Crippen LogP contribution >= 0.6 is 11.8 Å². The number of nitrogens with zero attached hydrogens (tertiary/aromatic N) is 1. The predicted molar refractivity (Wildman–Crippen MR) is 181 cm³/mol. The molecule has 0 saturated carbocycles. The summed E-state index contributed by atoms with van der Waals surface area (Å²) in [7, 11) is 0. The number of carboxylic acid groups (broad SMARTS) is 1. The van der Waals surface area contributed by atoms with Gasteiger partial charge in [0.2, 0.25) is 5.91 Å². The van der Waals surface area contributed by atoms with Crippen molar-refractivity contribution < 1.29 is 93.9 Å². The first-order valence-corrected chi connectivity index (χ1v) is 18.4. The molecule has 16 atom stereocenters. The zero-order valence-electron chi connectivity index (χ0n) is 29.5. The summed E-state index contributed by atoms with van der Waals surface area (Å²) < 4.78 is 28.9. The first-order chi connectivity index (χ1) is 26.0. The van der Waals surface area contributed by atoms with Crippen molar-refractivity contribution >= 4 is 35.5 Å². The van der Waals surface area contributed by atoms with E-state index in [0.29, 0.717) is 5.75 Å². The highest BCUT2D eigenvalue weighted by atomic mass is 32.2. The Balaban J connectivity index is 1.46. The zero-order valence-corrected chi connectivity index (χ0v) is 30.3. The normalized spacial score (nSPS) is 39.0. The maximum Gasteiger partial charge on any atom is 0.364 e. The van der Waals surface area contributed by atoms with Gasteiger partial charge in [0.15, 0.2) is 6.29 Å². The predicted octanol–water partition coefficient (Wildman–Crippen LogP) is -5.16. The number of ether oxygens (including phenoxy) is 5. The molecule has 0 bridgehead atoms. The minimum absolute atomic E-state index is 0.0685. The lowest BCUT2D eigenvalue weighted by molar-refractivity contribution is -0.379. The Bertz CT molecular complexity index is 1520. The molecular formula is C33H46N2O19S. The van der Waals surface area contributed by atoms with Crippen molar-refractivity contribution in [3.05, 3.63) is 35.4 Å². The summed E-state index contributed by atoms with van der Waals surface area (Å²) in [4.78, 5) is 52.6. The van der Waals surface area contributed by atoms with Crippen molar-refractivity contribution in [2.45, 2.75) is 117 Å². The molecule has 1 aromatic carbocycles. The van der Waals surface area contributed by atoms with Crippen LogP contribution < -0.4 is 5.32 Å². The van der Waals surface area contributed by atoms with Gasteiger partial charge in [-0.2, -0.15) is 0 Å². The van der Waals surface area contributed by atoms with E-state index in [4.69, 9.17) is 23.7 Å². The number of hydrogen-bond acceptors (Lipinski definition) is 19.